The van der Waals surface area contributed by atoms with Crippen molar-refractivity contribution in [2.75, 3.05) is 6.61 Å². The third-order valence-corrected chi connectivity index (χ3v) is 1.34. The van der Waals surface area contributed by atoms with Crippen molar-refractivity contribution in [1.29, 1.82) is 5.26 Å². The normalized spacial score (nSPS) is 8.31. The third kappa shape index (κ3) is 2.94. The van der Waals surface area contributed by atoms with E-state index in [2.05, 4.69) is 16.8 Å². The Morgan fingerprint density at radius 1 is 1.54 bits per heavy atom. The molecular formula is C10H8N2O. The van der Waals surface area contributed by atoms with Crippen molar-refractivity contribution >= 4 is 0 Å². The Morgan fingerprint density at radius 2 is 2.38 bits per heavy atom. The molecular weight excluding hydrogens is 164 g/mol. The first-order valence-electron chi connectivity index (χ1n) is 3.82. The van der Waals surface area contributed by atoms with E-state index in [1.165, 1.54) is 0 Å². The average molecular weight is 172 g/mol. The molecule has 0 fully saturated rings. The summed E-state index contributed by atoms with van der Waals surface area (Å²) in [6.45, 7) is 0.0466. The van der Waals surface area contributed by atoms with Crippen LogP contribution in [0.3, 0.4) is 0 Å². The largest absolute Gasteiger partial charge is 0.395 e. The third-order valence-electron chi connectivity index (χ3n) is 1.34. The van der Waals surface area contributed by atoms with E-state index in [0.29, 0.717) is 17.7 Å². The minimum atomic E-state index is 0.0466. The highest BCUT2D eigenvalue weighted by Crippen LogP contribution is 1.97. The number of hydrogen-bond acceptors (Lipinski definition) is 3. The van der Waals surface area contributed by atoms with Crippen LogP contribution < -0.4 is 0 Å². The molecule has 3 nitrogen and oxygen atoms in total. The number of nitrogens with zero attached hydrogens (tertiary/aromatic N) is 2. The Labute approximate surface area is 76.7 Å². The van der Waals surface area contributed by atoms with Crippen molar-refractivity contribution in [2.45, 2.75) is 6.42 Å². The van der Waals surface area contributed by atoms with Gasteiger partial charge < -0.3 is 5.11 Å². The lowest BCUT2D eigenvalue weighted by molar-refractivity contribution is 0.305. The first-order chi connectivity index (χ1) is 6.36. The first-order valence-corrected chi connectivity index (χ1v) is 3.82. The van der Waals surface area contributed by atoms with E-state index < -0.39 is 0 Å². The zero-order valence-corrected chi connectivity index (χ0v) is 6.99. The van der Waals surface area contributed by atoms with E-state index in [-0.39, 0.29) is 6.61 Å². The predicted octanol–water partition coefficient (Wildman–Crippen LogP) is 0.687. The molecule has 0 amide bonds. The fourth-order valence-electron chi connectivity index (χ4n) is 0.777. The van der Waals surface area contributed by atoms with E-state index in [1.54, 1.807) is 18.3 Å². The fraction of sp³-hybridized carbons (Fsp3) is 0.200. The molecule has 3 heteroatoms. The van der Waals surface area contributed by atoms with Crippen LogP contribution in [0, 0.1) is 23.2 Å². The van der Waals surface area contributed by atoms with Crippen molar-refractivity contribution in [1.82, 2.24) is 4.98 Å². The zero-order chi connectivity index (χ0) is 9.52. The SMILES string of the molecule is N#Cc1ccnc(C#CCCO)c1. The Kier molecular flexibility index (Phi) is 3.50. The van der Waals surface area contributed by atoms with Gasteiger partial charge in [0, 0.05) is 12.6 Å². The van der Waals surface area contributed by atoms with Gasteiger partial charge in [0.15, 0.2) is 0 Å². The predicted molar refractivity (Wildman–Crippen MR) is 47.5 cm³/mol. The number of aliphatic hydroxyl groups is 1. The van der Waals surface area contributed by atoms with Crippen LogP contribution in [0.4, 0.5) is 0 Å². The number of aliphatic hydroxyl groups excluding tert-OH is 1. The molecule has 0 aliphatic carbocycles. The van der Waals surface area contributed by atoms with Gasteiger partial charge in [-0.1, -0.05) is 5.92 Å². The van der Waals surface area contributed by atoms with Crippen molar-refractivity contribution < 1.29 is 5.11 Å². The van der Waals surface area contributed by atoms with E-state index in [0.717, 1.165) is 0 Å². The topological polar surface area (TPSA) is 56.9 Å². The summed E-state index contributed by atoms with van der Waals surface area (Å²) in [4.78, 5) is 3.95. The Balaban J connectivity index is 2.81. The summed E-state index contributed by atoms with van der Waals surface area (Å²) in [6, 6.07) is 5.24. The molecule has 1 aromatic heterocycles. The highest BCUT2D eigenvalue weighted by molar-refractivity contribution is 5.36. The molecule has 64 valence electrons. The van der Waals surface area contributed by atoms with Crippen LogP contribution in [0.2, 0.25) is 0 Å². The van der Waals surface area contributed by atoms with Crippen molar-refractivity contribution in [3.05, 3.63) is 29.6 Å². The maximum absolute atomic E-state index is 8.57. The second kappa shape index (κ2) is 4.92. The first kappa shape index (κ1) is 9.25. The molecule has 0 unspecified atom stereocenters. The average Bonchev–Trinajstić information content (AvgIpc) is 2.19. The molecule has 13 heavy (non-hydrogen) atoms. The summed E-state index contributed by atoms with van der Waals surface area (Å²) >= 11 is 0. The number of aromatic nitrogens is 1. The maximum atomic E-state index is 8.57. The van der Waals surface area contributed by atoms with E-state index in [4.69, 9.17) is 10.4 Å². The van der Waals surface area contributed by atoms with Gasteiger partial charge in [0.2, 0.25) is 0 Å². The lowest BCUT2D eigenvalue weighted by Crippen LogP contribution is -1.84. The molecule has 0 saturated carbocycles. The smallest absolute Gasteiger partial charge is 0.114 e. The number of rotatable bonds is 1. The second-order valence-electron chi connectivity index (χ2n) is 2.32. The Bertz CT molecular complexity index is 382. The van der Waals surface area contributed by atoms with Crippen LogP contribution in [-0.4, -0.2) is 16.7 Å². The molecule has 0 spiro atoms. The summed E-state index contributed by atoms with van der Waals surface area (Å²) in [5.41, 5.74) is 1.11. The lowest BCUT2D eigenvalue weighted by atomic mass is 10.2. The van der Waals surface area contributed by atoms with Gasteiger partial charge in [0.1, 0.15) is 5.69 Å². The minimum Gasteiger partial charge on any atom is -0.395 e. The standard InChI is InChI=1S/C10H8N2O/c11-8-9-4-5-12-10(7-9)3-1-2-6-13/h4-5,7,13H,2,6H2. The van der Waals surface area contributed by atoms with Gasteiger partial charge in [-0.2, -0.15) is 5.26 Å². The van der Waals surface area contributed by atoms with E-state index in [9.17, 15) is 0 Å². The zero-order valence-electron chi connectivity index (χ0n) is 6.99. The summed E-state index contributed by atoms with van der Waals surface area (Å²) in [6.07, 6.45) is 1.97. The van der Waals surface area contributed by atoms with Gasteiger partial charge in [-0.05, 0) is 18.1 Å². The molecule has 0 aromatic carbocycles. The van der Waals surface area contributed by atoms with Crippen LogP contribution in [0.15, 0.2) is 18.3 Å². The molecule has 0 bridgehead atoms. The van der Waals surface area contributed by atoms with Gasteiger partial charge in [-0.3, -0.25) is 0 Å². The summed E-state index contributed by atoms with van der Waals surface area (Å²) in [5, 5.41) is 17.0. The highest BCUT2D eigenvalue weighted by Gasteiger charge is 1.91. The number of hydrogen-bond donors (Lipinski definition) is 1. The van der Waals surface area contributed by atoms with Gasteiger partial charge in [-0.25, -0.2) is 4.98 Å². The van der Waals surface area contributed by atoms with Gasteiger partial charge >= 0.3 is 0 Å². The summed E-state index contributed by atoms with van der Waals surface area (Å²) in [7, 11) is 0. The van der Waals surface area contributed by atoms with Crippen LogP contribution in [-0.2, 0) is 0 Å². The summed E-state index contributed by atoms with van der Waals surface area (Å²) < 4.78 is 0. The van der Waals surface area contributed by atoms with Crippen LogP contribution in [0.25, 0.3) is 0 Å². The van der Waals surface area contributed by atoms with Gasteiger partial charge in [0.05, 0.1) is 18.2 Å². The Morgan fingerprint density at radius 3 is 3.08 bits per heavy atom. The van der Waals surface area contributed by atoms with E-state index >= 15 is 0 Å². The Hall–Kier alpha value is -1.84. The molecule has 1 rings (SSSR count). The summed E-state index contributed by atoms with van der Waals surface area (Å²) in [5.74, 6) is 5.48. The van der Waals surface area contributed by atoms with Crippen LogP contribution in [0.5, 0.6) is 0 Å². The maximum Gasteiger partial charge on any atom is 0.114 e. The van der Waals surface area contributed by atoms with Crippen molar-refractivity contribution in [3.63, 3.8) is 0 Å². The van der Waals surface area contributed by atoms with Crippen LogP contribution in [0.1, 0.15) is 17.7 Å². The van der Waals surface area contributed by atoms with Crippen molar-refractivity contribution in [2.24, 2.45) is 0 Å². The second-order valence-corrected chi connectivity index (χ2v) is 2.32. The fourth-order valence-corrected chi connectivity index (χ4v) is 0.777. The molecule has 0 saturated heterocycles. The monoisotopic (exact) mass is 172 g/mol. The van der Waals surface area contributed by atoms with Crippen LogP contribution >= 0.6 is 0 Å². The highest BCUT2D eigenvalue weighted by atomic mass is 16.2. The van der Waals surface area contributed by atoms with Gasteiger partial charge in [-0.15, -0.1) is 0 Å². The van der Waals surface area contributed by atoms with Gasteiger partial charge in [0.25, 0.3) is 0 Å². The van der Waals surface area contributed by atoms with E-state index in [1.807, 2.05) is 6.07 Å². The molecule has 0 radical (unpaired) electrons. The molecule has 1 aromatic rings. The lowest BCUT2D eigenvalue weighted by Gasteiger charge is -1.89. The molecule has 1 N–H and O–H groups in total. The molecule has 0 aliphatic heterocycles. The van der Waals surface area contributed by atoms with Crippen molar-refractivity contribution in [3.8, 4) is 17.9 Å². The molecule has 1 heterocycles. The minimum absolute atomic E-state index is 0.0466. The number of nitriles is 1. The number of pyridine rings is 1. The molecule has 0 atom stereocenters. The molecule has 0 aliphatic rings. The quantitative estimate of drug-likeness (QED) is 0.634.